The molecular formula is C15H21BrFNO. The van der Waals surface area contributed by atoms with E-state index in [9.17, 15) is 9.50 Å². The first-order valence-electron chi connectivity index (χ1n) is 6.96. The maximum Gasteiger partial charge on any atom is 0.124 e. The molecule has 0 heterocycles. The standard InChI is InChI=1S/C15H21BrFNO/c16-15-7-14(17)6-5-12(15)9-18-8-11-3-1-2-4-13(11)10-19/h5-7,11,13,18-19H,1-4,8-10H2. The van der Waals surface area contributed by atoms with Gasteiger partial charge in [-0.3, -0.25) is 0 Å². The van der Waals surface area contributed by atoms with Gasteiger partial charge in [0.05, 0.1) is 0 Å². The molecule has 1 fully saturated rings. The summed E-state index contributed by atoms with van der Waals surface area (Å²) in [6.45, 7) is 1.96. The number of benzene rings is 1. The SMILES string of the molecule is OCC1CCCCC1CNCc1ccc(F)cc1Br. The number of aliphatic hydroxyl groups excluding tert-OH is 1. The molecule has 2 unspecified atom stereocenters. The first kappa shape index (κ1) is 14.9. The predicted octanol–water partition coefficient (Wildman–Crippen LogP) is 3.48. The lowest BCUT2D eigenvalue weighted by atomic mass is 9.79. The Kier molecular flexibility index (Phi) is 5.79. The molecule has 2 rings (SSSR count). The Balaban J connectivity index is 1.82. The third-order valence-corrected chi connectivity index (χ3v) is 4.78. The third kappa shape index (κ3) is 4.26. The second kappa shape index (κ2) is 7.36. The Labute approximate surface area is 122 Å². The molecule has 1 aromatic rings. The average Bonchev–Trinajstić information content (AvgIpc) is 2.42. The van der Waals surface area contributed by atoms with E-state index in [4.69, 9.17) is 0 Å². The Morgan fingerprint density at radius 2 is 2.00 bits per heavy atom. The molecule has 19 heavy (non-hydrogen) atoms. The van der Waals surface area contributed by atoms with Gasteiger partial charge >= 0.3 is 0 Å². The summed E-state index contributed by atoms with van der Waals surface area (Å²) >= 11 is 3.38. The fourth-order valence-corrected chi connectivity index (χ4v) is 3.34. The topological polar surface area (TPSA) is 32.3 Å². The van der Waals surface area contributed by atoms with Crippen LogP contribution in [0.5, 0.6) is 0 Å². The van der Waals surface area contributed by atoms with Crippen LogP contribution in [-0.2, 0) is 6.54 Å². The van der Waals surface area contributed by atoms with Crippen molar-refractivity contribution in [3.05, 3.63) is 34.1 Å². The molecule has 2 N–H and O–H groups in total. The van der Waals surface area contributed by atoms with Crippen molar-refractivity contribution in [2.75, 3.05) is 13.2 Å². The Morgan fingerprint density at radius 1 is 1.26 bits per heavy atom. The van der Waals surface area contributed by atoms with Crippen LogP contribution < -0.4 is 5.32 Å². The van der Waals surface area contributed by atoms with E-state index in [0.717, 1.165) is 29.5 Å². The summed E-state index contributed by atoms with van der Waals surface area (Å²) in [7, 11) is 0. The van der Waals surface area contributed by atoms with Crippen molar-refractivity contribution >= 4 is 15.9 Å². The van der Waals surface area contributed by atoms with E-state index >= 15 is 0 Å². The van der Waals surface area contributed by atoms with Gasteiger partial charge in [-0.05, 0) is 48.9 Å². The molecule has 2 atom stereocenters. The van der Waals surface area contributed by atoms with Crippen LogP contribution in [0.15, 0.2) is 22.7 Å². The van der Waals surface area contributed by atoms with E-state index in [0.29, 0.717) is 18.4 Å². The minimum Gasteiger partial charge on any atom is -0.396 e. The van der Waals surface area contributed by atoms with Gasteiger partial charge in [-0.15, -0.1) is 0 Å². The van der Waals surface area contributed by atoms with Gasteiger partial charge in [0, 0.05) is 17.6 Å². The predicted molar refractivity (Wildman–Crippen MR) is 78.3 cm³/mol. The zero-order valence-corrected chi connectivity index (χ0v) is 12.6. The maximum atomic E-state index is 13.0. The van der Waals surface area contributed by atoms with E-state index in [1.54, 1.807) is 6.07 Å². The zero-order valence-electron chi connectivity index (χ0n) is 11.0. The number of aliphatic hydroxyl groups is 1. The van der Waals surface area contributed by atoms with Crippen molar-refractivity contribution < 1.29 is 9.50 Å². The van der Waals surface area contributed by atoms with Crippen LogP contribution in [0.3, 0.4) is 0 Å². The van der Waals surface area contributed by atoms with Crippen molar-refractivity contribution in [1.82, 2.24) is 5.32 Å². The van der Waals surface area contributed by atoms with Crippen molar-refractivity contribution in [3.8, 4) is 0 Å². The minimum absolute atomic E-state index is 0.219. The van der Waals surface area contributed by atoms with Gasteiger partial charge in [0.15, 0.2) is 0 Å². The average molecular weight is 330 g/mol. The maximum absolute atomic E-state index is 13.0. The molecule has 0 aromatic heterocycles. The van der Waals surface area contributed by atoms with Crippen molar-refractivity contribution in [3.63, 3.8) is 0 Å². The molecule has 1 aliphatic rings. The van der Waals surface area contributed by atoms with Crippen molar-refractivity contribution in [2.24, 2.45) is 11.8 Å². The lowest BCUT2D eigenvalue weighted by Gasteiger charge is -2.30. The Hall–Kier alpha value is -0.450. The van der Waals surface area contributed by atoms with Gasteiger partial charge < -0.3 is 10.4 Å². The minimum atomic E-state index is -0.219. The smallest absolute Gasteiger partial charge is 0.124 e. The summed E-state index contributed by atoms with van der Waals surface area (Å²) < 4.78 is 13.8. The molecule has 1 saturated carbocycles. The highest BCUT2D eigenvalue weighted by Gasteiger charge is 2.23. The summed E-state index contributed by atoms with van der Waals surface area (Å²) in [6, 6.07) is 4.78. The fourth-order valence-electron chi connectivity index (χ4n) is 2.85. The summed E-state index contributed by atoms with van der Waals surface area (Å²) in [5.41, 5.74) is 1.07. The highest BCUT2D eigenvalue weighted by atomic mass is 79.9. The van der Waals surface area contributed by atoms with Crippen LogP contribution in [0.1, 0.15) is 31.2 Å². The van der Waals surface area contributed by atoms with Crippen LogP contribution in [-0.4, -0.2) is 18.3 Å². The summed E-state index contributed by atoms with van der Waals surface area (Å²) in [5.74, 6) is 0.791. The largest absolute Gasteiger partial charge is 0.396 e. The molecule has 0 radical (unpaired) electrons. The summed E-state index contributed by atoms with van der Waals surface area (Å²) in [5, 5.41) is 12.8. The van der Waals surface area contributed by atoms with Crippen LogP contribution in [0.25, 0.3) is 0 Å². The van der Waals surface area contributed by atoms with Gasteiger partial charge in [-0.25, -0.2) is 4.39 Å². The van der Waals surface area contributed by atoms with Crippen LogP contribution in [0.2, 0.25) is 0 Å². The molecule has 4 heteroatoms. The van der Waals surface area contributed by atoms with Crippen LogP contribution in [0, 0.1) is 17.7 Å². The fraction of sp³-hybridized carbons (Fsp3) is 0.600. The van der Waals surface area contributed by atoms with Gasteiger partial charge in [0.2, 0.25) is 0 Å². The summed E-state index contributed by atoms with van der Waals surface area (Å²) in [4.78, 5) is 0. The highest BCUT2D eigenvalue weighted by molar-refractivity contribution is 9.10. The monoisotopic (exact) mass is 329 g/mol. The van der Waals surface area contributed by atoms with Gasteiger partial charge in [-0.1, -0.05) is 34.8 Å². The van der Waals surface area contributed by atoms with E-state index in [2.05, 4.69) is 21.2 Å². The number of hydrogen-bond donors (Lipinski definition) is 2. The lowest BCUT2D eigenvalue weighted by molar-refractivity contribution is 0.133. The number of nitrogens with one attached hydrogen (secondary N) is 1. The van der Waals surface area contributed by atoms with Gasteiger partial charge in [0.1, 0.15) is 5.82 Å². The van der Waals surface area contributed by atoms with Crippen molar-refractivity contribution in [2.45, 2.75) is 32.2 Å². The van der Waals surface area contributed by atoms with Gasteiger partial charge in [0.25, 0.3) is 0 Å². The van der Waals surface area contributed by atoms with E-state index in [1.807, 2.05) is 0 Å². The van der Waals surface area contributed by atoms with E-state index in [1.165, 1.54) is 31.4 Å². The molecule has 0 aliphatic heterocycles. The zero-order chi connectivity index (χ0) is 13.7. The molecule has 0 spiro atoms. The molecule has 2 nitrogen and oxygen atoms in total. The van der Waals surface area contributed by atoms with Crippen LogP contribution in [0.4, 0.5) is 4.39 Å². The third-order valence-electron chi connectivity index (χ3n) is 4.04. The lowest BCUT2D eigenvalue weighted by Crippen LogP contribution is -2.32. The second-order valence-electron chi connectivity index (χ2n) is 5.35. The molecule has 106 valence electrons. The first-order valence-corrected chi connectivity index (χ1v) is 7.75. The number of halogens is 2. The number of hydrogen-bond acceptors (Lipinski definition) is 2. The molecule has 1 aliphatic carbocycles. The van der Waals surface area contributed by atoms with Crippen molar-refractivity contribution in [1.29, 1.82) is 0 Å². The Morgan fingerprint density at radius 3 is 2.68 bits per heavy atom. The van der Waals surface area contributed by atoms with Crippen LogP contribution >= 0.6 is 15.9 Å². The molecular weight excluding hydrogens is 309 g/mol. The Bertz CT molecular complexity index is 413. The molecule has 0 saturated heterocycles. The van der Waals surface area contributed by atoms with E-state index < -0.39 is 0 Å². The molecule has 0 bridgehead atoms. The summed E-state index contributed by atoms with van der Waals surface area (Å²) in [6.07, 6.45) is 4.85. The quantitative estimate of drug-likeness (QED) is 0.866. The second-order valence-corrected chi connectivity index (χ2v) is 6.21. The first-order chi connectivity index (χ1) is 9.20. The highest BCUT2D eigenvalue weighted by Crippen LogP contribution is 2.29. The van der Waals surface area contributed by atoms with Gasteiger partial charge in [-0.2, -0.15) is 0 Å². The van der Waals surface area contributed by atoms with E-state index in [-0.39, 0.29) is 5.82 Å². The molecule has 1 aromatic carbocycles. The molecule has 0 amide bonds. The number of rotatable bonds is 5. The normalized spacial score (nSPS) is 23.5.